The highest BCUT2D eigenvalue weighted by Gasteiger charge is 2.31. The third-order valence-corrected chi connectivity index (χ3v) is 8.51. The van der Waals surface area contributed by atoms with Gasteiger partial charge in [-0.05, 0) is 53.8 Å². The van der Waals surface area contributed by atoms with Gasteiger partial charge in [0.15, 0.2) is 0 Å². The van der Waals surface area contributed by atoms with E-state index in [4.69, 9.17) is 27.9 Å². The molecule has 3 aromatic carbocycles. The zero-order valence-electron chi connectivity index (χ0n) is 24.9. The number of nitrogens with one attached hydrogen (secondary N) is 1. The third kappa shape index (κ3) is 10.4. The summed E-state index contributed by atoms with van der Waals surface area (Å²) in [6.07, 6.45) is 1.58. The lowest BCUT2D eigenvalue weighted by Gasteiger charge is -2.32. The van der Waals surface area contributed by atoms with Crippen LogP contribution in [-0.4, -0.2) is 57.6 Å². The average Bonchev–Trinajstić information content (AvgIpc) is 2.97. The van der Waals surface area contributed by atoms with Gasteiger partial charge in [-0.25, -0.2) is 8.42 Å². The second-order valence-electron chi connectivity index (χ2n) is 10.8. The van der Waals surface area contributed by atoms with Crippen LogP contribution in [0.25, 0.3) is 0 Å². The Kier molecular flexibility index (Phi) is 12.7. The Bertz CT molecular complexity index is 1490. The van der Waals surface area contributed by atoms with Crippen molar-refractivity contribution < 1.29 is 22.7 Å². The molecule has 0 heterocycles. The summed E-state index contributed by atoms with van der Waals surface area (Å²) in [6.45, 7) is 4.64. The number of halogens is 2. The van der Waals surface area contributed by atoms with Crippen LogP contribution in [0.1, 0.15) is 37.8 Å². The van der Waals surface area contributed by atoms with Crippen molar-refractivity contribution in [1.82, 2.24) is 10.2 Å². The number of amides is 2. The number of hydrogen-bond acceptors (Lipinski definition) is 5. The lowest BCUT2D eigenvalue weighted by Crippen LogP contribution is -2.51. The Balaban J connectivity index is 1.92. The Morgan fingerprint density at radius 2 is 1.65 bits per heavy atom. The van der Waals surface area contributed by atoms with E-state index in [0.29, 0.717) is 23.7 Å². The van der Waals surface area contributed by atoms with E-state index in [9.17, 15) is 18.0 Å². The molecule has 0 spiro atoms. The zero-order chi connectivity index (χ0) is 31.6. The Labute approximate surface area is 265 Å². The molecule has 0 fully saturated rings. The smallest absolute Gasteiger partial charge is 0.243 e. The van der Waals surface area contributed by atoms with E-state index >= 15 is 0 Å². The number of anilines is 1. The first-order chi connectivity index (χ1) is 20.4. The van der Waals surface area contributed by atoms with Gasteiger partial charge in [0.1, 0.15) is 11.8 Å². The molecular formula is C32H39Cl2N3O5S. The molecule has 0 unspecified atom stereocenters. The van der Waals surface area contributed by atoms with E-state index in [-0.39, 0.29) is 54.4 Å². The maximum absolute atomic E-state index is 14.0. The maximum Gasteiger partial charge on any atom is 0.243 e. The first-order valence-electron chi connectivity index (χ1n) is 14.1. The highest BCUT2D eigenvalue weighted by molar-refractivity contribution is 7.92. The van der Waals surface area contributed by atoms with Crippen molar-refractivity contribution in [1.29, 1.82) is 0 Å². The Morgan fingerprint density at radius 1 is 0.953 bits per heavy atom. The van der Waals surface area contributed by atoms with Crippen LogP contribution >= 0.6 is 23.2 Å². The van der Waals surface area contributed by atoms with Gasteiger partial charge in [0, 0.05) is 37.5 Å². The summed E-state index contributed by atoms with van der Waals surface area (Å²) in [7, 11) is -2.16. The topological polar surface area (TPSA) is 96.0 Å². The highest BCUT2D eigenvalue weighted by Crippen LogP contribution is 2.31. The summed E-state index contributed by atoms with van der Waals surface area (Å²) in [5.41, 5.74) is 1.95. The molecule has 0 aromatic heterocycles. The highest BCUT2D eigenvalue weighted by atomic mass is 35.5. The predicted molar refractivity (Wildman–Crippen MR) is 173 cm³/mol. The number of carbonyl (C=O) groups is 2. The van der Waals surface area contributed by atoms with Gasteiger partial charge in [0.25, 0.3) is 0 Å². The molecule has 0 saturated heterocycles. The van der Waals surface area contributed by atoms with Crippen molar-refractivity contribution in [3.05, 3.63) is 94.0 Å². The molecule has 1 atom stereocenters. The molecule has 8 nitrogen and oxygen atoms in total. The van der Waals surface area contributed by atoms with Crippen molar-refractivity contribution in [2.75, 3.05) is 30.8 Å². The second-order valence-corrected chi connectivity index (χ2v) is 13.5. The fourth-order valence-electron chi connectivity index (χ4n) is 4.60. The molecule has 0 aliphatic carbocycles. The van der Waals surface area contributed by atoms with Gasteiger partial charge in [-0.3, -0.25) is 13.9 Å². The van der Waals surface area contributed by atoms with Crippen molar-refractivity contribution in [3.63, 3.8) is 0 Å². The standard InChI is InChI=1S/C32H39Cl2N3O5S/c1-23(2)21-35-32(39)30(19-24-10-6-5-7-11-24)36(22-25-12-8-13-27(18-25)42-3)31(38)14-9-17-37(43(4,40)41)29-20-26(33)15-16-28(29)34/h5-8,10-13,15-16,18,20,23,30H,9,14,17,19,21-22H2,1-4H3,(H,35,39)/t30-/m0/s1. The first-order valence-corrected chi connectivity index (χ1v) is 16.7. The van der Waals surface area contributed by atoms with E-state index in [2.05, 4.69) is 5.32 Å². The fourth-order valence-corrected chi connectivity index (χ4v) is 6.01. The zero-order valence-corrected chi connectivity index (χ0v) is 27.3. The summed E-state index contributed by atoms with van der Waals surface area (Å²) in [5.74, 6) is 0.325. The first kappa shape index (κ1) is 34.2. The molecule has 11 heteroatoms. The molecule has 43 heavy (non-hydrogen) atoms. The van der Waals surface area contributed by atoms with E-state index in [1.54, 1.807) is 18.1 Å². The Hall–Kier alpha value is -3.27. The molecule has 0 bridgehead atoms. The van der Waals surface area contributed by atoms with Crippen LogP contribution < -0.4 is 14.4 Å². The molecule has 3 aromatic rings. The van der Waals surface area contributed by atoms with E-state index in [1.165, 1.54) is 12.1 Å². The molecule has 0 saturated carbocycles. The van der Waals surface area contributed by atoms with Gasteiger partial charge in [-0.15, -0.1) is 0 Å². The van der Waals surface area contributed by atoms with Crippen LogP contribution in [0.2, 0.25) is 10.0 Å². The summed E-state index contributed by atoms with van der Waals surface area (Å²) < 4.78 is 31.9. The second kappa shape index (κ2) is 16.0. The monoisotopic (exact) mass is 647 g/mol. The van der Waals surface area contributed by atoms with Gasteiger partial charge in [0.2, 0.25) is 21.8 Å². The molecule has 0 radical (unpaired) electrons. The molecule has 0 aliphatic heterocycles. The number of benzene rings is 3. The molecule has 1 N–H and O–H groups in total. The van der Waals surface area contributed by atoms with E-state index in [0.717, 1.165) is 21.7 Å². The van der Waals surface area contributed by atoms with Gasteiger partial charge in [-0.2, -0.15) is 0 Å². The molecule has 0 aliphatic rings. The van der Waals surface area contributed by atoms with Crippen LogP contribution in [0.3, 0.4) is 0 Å². The van der Waals surface area contributed by atoms with E-state index < -0.39 is 16.1 Å². The summed E-state index contributed by atoms with van der Waals surface area (Å²) in [6, 6.07) is 20.7. The predicted octanol–water partition coefficient (Wildman–Crippen LogP) is 5.96. The summed E-state index contributed by atoms with van der Waals surface area (Å²) in [4.78, 5) is 29.2. The molecule has 3 rings (SSSR count). The molecular weight excluding hydrogens is 609 g/mol. The molecule has 232 valence electrons. The van der Waals surface area contributed by atoms with Crippen molar-refractivity contribution >= 4 is 50.7 Å². The lowest BCUT2D eigenvalue weighted by molar-refractivity contribution is -0.141. The largest absolute Gasteiger partial charge is 0.497 e. The van der Waals surface area contributed by atoms with Crippen molar-refractivity contribution in [2.45, 2.75) is 45.7 Å². The van der Waals surface area contributed by atoms with Gasteiger partial charge in [-0.1, -0.05) is 79.5 Å². The normalized spacial score (nSPS) is 12.1. The van der Waals surface area contributed by atoms with Crippen LogP contribution in [0.5, 0.6) is 5.75 Å². The number of nitrogens with zero attached hydrogens (tertiary/aromatic N) is 2. The minimum absolute atomic E-state index is 0.000529. The number of sulfonamides is 1. The number of hydrogen-bond donors (Lipinski definition) is 1. The van der Waals surface area contributed by atoms with Crippen LogP contribution in [0.15, 0.2) is 72.8 Å². The Morgan fingerprint density at radius 3 is 2.30 bits per heavy atom. The average molecular weight is 649 g/mol. The summed E-state index contributed by atoms with van der Waals surface area (Å²) in [5, 5.41) is 3.57. The van der Waals surface area contributed by atoms with Crippen LogP contribution in [0, 0.1) is 5.92 Å². The van der Waals surface area contributed by atoms with Crippen LogP contribution in [0.4, 0.5) is 5.69 Å². The minimum Gasteiger partial charge on any atom is -0.497 e. The quantitative estimate of drug-likeness (QED) is 0.220. The number of carbonyl (C=O) groups excluding carboxylic acids is 2. The van der Waals surface area contributed by atoms with Crippen molar-refractivity contribution in [3.8, 4) is 5.75 Å². The molecule has 2 amide bonds. The van der Waals surface area contributed by atoms with Gasteiger partial charge < -0.3 is 15.0 Å². The van der Waals surface area contributed by atoms with Crippen molar-refractivity contribution in [2.24, 2.45) is 5.92 Å². The minimum atomic E-state index is -3.73. The number of rotatable bonds is 15. The SMILES string of the molecule is COc1cccc(CN(C(=O)CCCN(c2cc(Cl)ccc2Cl)S(C)(=O)=O)[C@@H](Cc2ccccc2)C(=O)NCC(C)C)c1. The van der Waals surface area contributed by atoms with E-state index in [1.807, 2.05) is 68.4 Å². The third-order valence-electron chi connectivity index (χ3n) is 6.77. The number of methoxy groups -OCH3 is 1. The maximum atomic E-state index is 14.0. The summed E-state index contributed by atoms with van der Waals surface area (Å²) >= 11 is 12.4. The van der Waals surface area contributed by atoms with Crippen LogP contribution in [-0.2, 0) is 32.6 Å². The van der Waals surface area contributed by atoms with Gasteiger partial charge >= 0.3 is 0 Å². The lowest BCUT2D eigenvalue weighted by atomic mass is 10.0. The van der Waals surface area contributed by atoms with Gasteiger partial charge in [0.05, 0.1) is 24.1 Å². The number of ether oxygens (including phenoxy) is 1. The fraction of sp³-hybridized carbons (Fsp3) is 0.375.